The van der Waals surface area contributed by atoms with Crippen LogP contribution < -0.4 is 9.88 Å². The van der Waals surface area contributed by atoms with E-state index >= 15 is 0 Å². The number of para-hydroxylation sites is 1. The third-order valence-electron chi connectivity index (χ3n) is 3.50. The van der Waals surface area contributed by atoms with Crippen molar-refractivity contribution < 1.29 is 4.57 Å². The maximum absolute atomic E-state index is 6.39. The molecule has 3 aromatic rings. The van der Waals surface area contributed by atoms with Crippen LogP contribution in [0.5, 0.6) is 0 Å². The summed E-state index contributed by atoms with van der Waals surface area (Å²) in [5, 5.41) is 8.05. The van der Waals surface area contributed by atoms with Gasteiger partial charge in [-0.2, -0.15) is 0 Å². The maximum atomic E-state index is 6.39. The second-order valence-corrected chi connectivity index (χ2v) is 6.89. The van der Waals surface area contributed by atoms with Crippen LogP contribution in [0.25, 0.3) is 11.3 Å². The Hall–Kier alpha value is -1.55. The Morgan fingerprint density at radius 1 is 1.09 bits per heavy atom. The first-order chi connectivity index (χ1) is 11.2. The quantitative estimate of drug-likeness (QED) is 0.536. The Balaban J connectivity index is 2.01. The molecule has 0 amide bonds. The van der Waals surface area contributed by atoms with E-state index in [4.69, 9.17) is 23.2 Å². The molecule has 23 heavy (non-hydrogen) atoms. The predicted octanol–water partition coefficient (Wildman–Crippen LogP) is 6.16. The third kappa shape index (κ3) is 3.69. The molecule has 1 heterocycles. The van der Waals surface area contributed by atoms with Gasteiger partial charge in [0.2, 0.25) is 0 Å². The van der Waals surface area contributed by atoms with Gasteiger partial charge in [0.25, 0.3) is 0 Å². The van der Waals surface area contributed by atoms with Gasteiger partial charge in [-0.05, 0) is 36.8 Å². The molecular formula is C18H17Cl2N2S+. The molecule has 0 radical (unpaired) electrons. The minimum Gasteiger partial charge on any atom is -0.231 e. The summed E-state index contributed by atoms with van der Waals surface area (Å²) < 4.78 is 2.27. The Labute approximate surface area is 150 Å². The number of anilines is 2. The second kappa shape index (κ2) is 7.35. The highest BCUT2D eigenvalue weighted by Crippen LogP contribution is 2.32. The molecule has 0 atom stereocenters. The van der Waals surface area contributed by atoms with Gasteiger partial charge in [-0.1, -0.05) is 59.7 Å². The molecule has 0 bridgehead atoms. The van der Waals surface area contributed by atoms with Gasteiger partial charge < -0.3 is 0 Å². The largest absolute Gasteiger partial charge is 0.339 e. The van der Waals surface area contributed by atoms with Gasteiger partial charge in [0.1, 0.15) is 11.4 Å². The number of halogens is 2. The van der Waals surface area contributed by atoms with Crippen molar-refractivity contribution >= 4 is 45.4 Å². The van der Waals surface area contributed by atoms with Crippen LogP contribution in [0.4, 0.5) is 10.8 Å². The zero-order valence-electron chi connectivity index (χ0n) is 12.7. The Morgan fingerprint density at radius 3 is 2.57 bits per heavy atom. The Kier molecular flexibility index (Phi) is 5.21. The molecule has 2 nitrogen and oxygen atoms in total. The first kappa shape index (κ1) is 16.3. The third-order valence-corrected chi connectivity index (χ3v) is 4.93. The standard InChI is InChI=1S/C18H16Cl2N2S/c1-2-10-22-17(15-9-8-13(19)11-16(15)20)12-23-18(22)21-14-6-4-3-5-7-14/h3-9,11-12H,2,10H2,1H3/p+1. The molecule has 0 saturated heterocycles. The van der Waals surface area contributed by atoms with Crippen molar-refractivity contribution in [1.29, 1.82) is 0 Å². The minimum absolute atomic E-state index is 0.652. The lowest BCUT2D eigenvalue weighted by molar-refractivity contribution is -0.668. The first-order valence-corrected chi connectivity index (χ1v) is 9.11. The summed E-state index contributed by atoms with van der Waals surface area (Å²) in [4.78, 5) is 0. The van der Waals surface area contributed by atoms with E-state index in [1.165, 1.54) is 0 Å². The summed E-state index contributed by atoms with van der Waals surface area (Å²) in [6, 6.07) is 15.8. The highest BCUT2D eigenvalue weighted by atomic mass is 35.5. The number of nitrogens with one attached hydrogen (secondary N) is 1. The average molecular weight is 364 g/mol. The van der Waals surface area contributed by atoms with Crippen LogP contribution >= 0.6 is 34.5 Å². The van der Waals surface area contributed by atoms with Gasteiger partial charge in [0.05, 0.1) is 11.6 Å². The molecule has 0 saturated carbocycles. The molecule has 3 rings (SSSR count). The lowest BCUT2D eigenvalue weighted by Gasteiger charge is -2.07. The normalized spacial score (nSPS) is 10.7. The molecule has 0 aliphatic rings. The predicted molar refractivity (Wildman–Crippen MR) is 100.0 cm³/mol. The van der Waals surface area contributed by atoms with E-state index in [9.17, 15) is 0 Å². The van der Waals surface area contributed by atoms with Gasteiger partial charge in [-0.3, -0.25) is 0 Å². The summed E-state index contributed by atoms with van der Waals surface area (Å²) in [6.45, 7) is 3.09. The highest BCUT2D eigenvalue weighted by molar-refractivity contribution is 7.13. The lowest BCUT2D eigenvalue weighted by atomic mass is 10.1. The molecule has 0 aliphatic carbocycles. The van der Waals surface area contributed by atoms with Crippen molar-refractivity contribution in [3.8, 4) is 11.3 Å². The smallest absolute Gasteiger partial charge is 0.231 e. The number of thiazole rings is 1. The SMILES string of the molecule is CCC[n+]1c(-c2ccc(Cl)cc2Cl)csc1Nc1ccccc1. The van der Waals surface area contributed by atoms with E-state index in [0.29, 0.717) is 10.0 Å². The molecule has 5 heteroatoms. The van der Waals surface area contributed by atoms with Crippen molar-refractivity contribution in [3.63, 3.8) is 0 Å². The summed E-state index contributed by atoms with van der Waals surface area (Å²) in [7, 11) is 0. The molecule has 0 aliphatic heterocycles. The number of aromatic nitrogens is 1. The van der Waals surface area contributed by atoms with Crippen molar-refractivity contribution in [1.82, 2.24) is 0 Å². The first-order valence-electron chi connectivity index (χ1n) is 7.48. The summed E-state index contributed by atoms with van der Waals surface area (Å²) in [6.07, 6.45) is 1.04. The highest BCUT2D eigenvalue weighted by Gasteiger charge is 2.20. The molecule has 1 N–H and O–H groups in total. The van der Waals surface area contributed by atoms with Gasteiger partial charge in [0, 0.05) is 16.0 Å². The number of rotatable bonds is 5. The summed E-state index contributed by atoms with van der Waals surface area (Å²) in [5.74, 6) is 0. The molecule has 0 spiro atoms. The molecule has 2 aromatic carbocycles. The van der Waals surface area contributed by atoms with E-state index in [2.05, 4.69) is 34.3 Å². The molecule has 0 fully saturated rings. The van der Waals surface area contributed by atoms with Crippen LogP contribution in [0.15, 0.2) is 53.9 Å². The van der Waals surface area contributed by atoms with Crippen LogP contribution in [0, 0.1) is 0 Å². The monoisotopic (exact) mass is 363 g/mol. The van der Waals surface area contributed by atoms with Crippen LogP contribution in [0.1, 0.15) is 13.3 Å². The van der Waals surface area contributed by atoms with Gasteiger partial charge in [-0.25, -0.2) is 9.88 Å². The Bertz CT molecular complexity index is 800. The van der Waals surface area contributed by atoms with E-state index in [1.807, 2.05) is 30.3 Å². The zero-order chi connectivity index (χ0) is 16.2. The summed E-state index contributed by atoms with van der Waals surface area (Å²) >= 11 is 14.1. The van der Waals surface area contributed by atoms with Gasteiger partial charge >= 0.3 is 5.13 Å². The van der Waals surface area contributed by atoms with Crippen LogP contribution in [-0.4, -0.2) is 0 Å². The van der Waals surface area contributed by atoms with Gasteiger partial charge in [0.15, 0.2) is 0 Å². The average Bonchev–Trinajstić information content (AvgIpc) is 2.92. The van der Waals surface area contributed by atoms with Crippen molar-refractivity contribution in [2.75, 3.05) is 5.32 Å². The van der Waals surface area contributed by atoms with E-state index in [0.717, 1.165) is 35.0 Å². The molecule has 1 aromatic heterocycles. The van der Waals surface area contributed by atoms with Crippen LogP contribution in [0.2, 0.25) is 10.0 Å². The number of hydrogen-bond donors (Lipinski definition) is 1. The number of benzene rings is 2. The topological polar surface area (TPSA) is 15.9 Å². The fraction of sp³-hybridized carbons (Fsp3) is 0.167. The summed E-state index contributed by atoms with van der Waals surface area (Å²) in [5.41, 5.74) is 3.19. The van der Waals surface area contributed by atoms with E-state index in [1.54, 1.807) is 17.4 Å². The molecular weight excluding hydrogens is 347 g/mol. The van der Waals surface area contributed by atoms with E-state index < -0.39 is 0 Å². The number of nitrogens with zero attached hydrogens (tertiary/aromatic N) is 1. The zero-order valence-corrected chi connectivity index (χ0v) is 15.1. The van der Waals surface area contributed by atoms with E-state index in [-0.39, 0.29) is 0 Å². The molecule has 118 valence electrons. The fourth-order valence-electron chi connectivity index (χ4n) is 2.44. The maximum Gasteiger partial charge on any atom is 0.339 e. The fourth-order valence-corrected chi connectivity index (χ4v) is 3.92. The van der Waals surface area contributed by atoms with Crippen molar-refractivity contribution in [3.05, 3.63) is 64.0 Å². The second-order valence-electron chi connectivity index (χ2n) is 5.19. The van der Waals surface area contributed by atoms with Crippen LogP contribution in [-0.2, 0) is 6.54 Å². The molecule has 0 unspecified atom stereocenters. The Morgan fingerprint density at radius 2 is 1.87 bits per heavy atom. The minimum atomic E-state index is 0.652. The number of hydrogen-bond acceptors (Lipinski definition) is 2. The van der Waals surface area contributed by atoms with Crippen LogP contribution in [0.3, 0.4) is 0 Å². The van der Waals surface area contributed by atoms with Gasteiger partial charge in [-0.15, -0.1) is 0 Å². The lowest BCUT2D eigenvalue weighted by Crippen LogP contribution is -2.36. The van der Waals surface area contributed by atoms with Crippen molar-refractivity contribution in [2.45, 2.75) is 19.9 Å². The van der Waals surface area contributed by atoms with Crippen molar-refractivity contribution in [2.24, 2.45) is 0 Å².